The summed E-state index contributed by atoms with van der Waals surface area (Å²) >= 11 is 3.37. The molecule has 23 heavy (non-hydrogen) atoms. The maximum Gasteiger partial charge on any atom is 0.189 e. The van der Waals surface area contributed by atoms with Crippen LogP contribution in [-0.4, -0.2) is 30.2 Å². The summed E-state index contributed by atoms with van der Waals surface area (Å²) in [6.07, 6.45) is 2.92. The normalized spacial score (nSPS) is 10.7. The SMILES string of the molecule is COc1cc(/C=C/C(=O)c2ccc(O)cc2O)cc(OC)c1Br. The first-order valence-electron chi connectivity index (χ1n) is 6.62. The Morgan fingerprint density at radius 2 is 1.70 bits per heavy atom. The lowest BCUT2D eigenvalue weighted by Crippen LogP contribution is -1.95. The number of methoxy groups -OCH3 is 2. The molecule has 2 aromatic carbocycles. The van der Waals surface area contributed by atoms with Crippen LogP contribution >= 0.6 is 15.9 Å². The summed E-state index contributed by atoms with van der Waals surface area (Å²) in [5.41, 5.74) is 0.809. The van der Waals surface area contributed by atoms with Crippen LogP contribution in [0.4, 0.5) is 0 Å². The number of allylic oxidation sites excluding steroid dienone is 1. The molecule has 0 amide bonds. The molecule has 2 N–H and O–H groups in total. The van der Waals surface area contributed by atoms with Crippen molar-refractivity contribution in [3.63, 3.8) is 0 Å². The third-order valence-electron chi connectivity index (χ3n) is 3.14. The minimum atomic E-state index is -0.386. The predicted molar refractivity (Wildman–Crippen MR) is 90.4 cm³/mol. The van der Waals surface area contributed by atoms with Gasteiger partial charge in [0.25, 0.3) is 0 Å². The van der Waals surface area contributed by atoms with Crippen LogP contribution in [0.5, 0.6) is 23.0 Å². The molecule has 120 valence electrons. The Morgan fingerprint density at radius 3 is 2.22 bits per heavy atom. The number of hydrogen-bond acceptors (Lipinski definition) is 5. The van der Waals surface area contributed by atoms with E-state index in [1.165, 1.54) is 32.4 Å². The van der Waals surface area contributed by atoms with E-state index >= 15 is 0 Å². The Hall–Kier alpha value is -2.47. The van der Waals surface area contributed by atoms with Gasteiger partial charge >= 0.3 is 0 Å². The van der Waals surface area contributed by atoms with Gasteiger partial charge in [0.1, 0.15) is 27.5 Å². The molecule has 0 aromatic heterocycles. The number of aromatic hydroxyl groups is 2. The maximum atomic E-state index is 12.1. The number of halogens is 1. The van der Waals surface area contributed by atoms with Crippen molar-refractivity contribution in [3.05, 3.63) is 52.0 Å². The van der Waals surface area contributed by atoms with Crippen LogP contribution in [-0.2, 0) is 0 Å². The Bertz CT molecular complexity index is 743. The first-order chi connectivity index (χ1) is 11.0. The van der Waals surface area contributed by atoms with Crippen molar-refractivity contribution >= 4 is 27.8 Å². The minimum Gasteiger partial charge on any atom is -0.508 e. The molecule has 0 bridgehead atoms. The van der Waals surface area contributed by atoms with E-state index in [1.807, 2.05) is 0 Å². The predicted octanol–water partition coefficient (Wildman–Crippen LogP) is 3.77. The highest BCUT2D eigenvalue weighted by atomic mass is 79.9. The summed E-state index contributed by atoms with van der Waals surface area (Å²) < 4.78 is 11.2. The van der Waals surface area contributed by atoms with Crippen LogP contribution in [0.25, 0.3) is 6.08 Å². The third-order valence-corrected chi connectivity index (χ3v) is 3.92. The standard InChI is InChI=1S/C17H15BrO5/c1-22-15-7-10(8-16(23-2)17(15)18)3-6-13(20)12-5-4-11(19)9-14(12)21/h3-9,19,21H,1-2H3/b6-3+. The average molecular weight is 379 g/mol. The van der Waals surface area contributed by atoms with Crippen LogP contribution in [0, 0.1) is 0 Å². The maximum absolute atomic E-state index is 12.1. The number of benzene rings is 2. The van der Waals surface area contributed by atoms with E-state index in [4.69, 9.17) is 9.47 Å². The molecule has 0 aliphatic heterocycles. The summed E-state index contributed by atoms with van der Waals surface area (Å²) in [5, 5.41) is 18.9. The number of carbonyl (C=O) groups excluding carboxylic acids is 1. The van der Waals surface area contributed by atoms with Gasteiger partial charge in [-0.05, 0) is 51.8 Å². The van der Waals surface area contributed by atoms with E-state index < -0.39 is 0 Å². The Kier molecular flexibility index (Phi) is 5.28. The molecule has 0 aliphatic rings. The zero-order valence-corrected chi connectivity index (χ0v) is 14.1. The fraction of sp³-hybridized carbons (Fsp3) is 0.118. The molecule has 0 saturated heterocycles. The quantitative estimate of drug-likeness (QED) is 0.611. The summed E-state index contributed by atoms with van der Waals surface area (Å²) in [5.74, 6) is 0.382. The van der Waals surface area contributed by atoms with Gasteiger partial charge in [-0.1, -0.05) is 6.08 Å². The summed E-state index contributed by atoms with van der Waals surface area (Å²) in [6, 6.07) is 7.31. The highest BCUT2D eigenvalue weighted by Gasteiger charge is 2.11. The van der Waals surface area contributed by atoms with E-state index in [1.54, 1.807) is 18.2 Å². The highest BCUT2D eigenvalue weighted by molar-refractivity contribution is 9.10. The number of phenolic OH excluding ortho intramolecular Hbond substituents is 2. The van der Waals surface area contributed by atoms with Gasteiger partial charge in [-0.15, -0.1) is 0 Å². The molecule has 0 saturated carbocycles. The van der Waals surface area contributed by atoms with E-state index in [9.17, 15) is 15.0 Å². The first kappa shape index (κ1) is 16.9. The van der Waals surface area contributed by atoms with Crippen LogP contribution in [0.3, 0.4) is 0 Å². The molecule has 0 fully saturated rings. The summed E-state index contributed by atoms with van der Waals surface area (Å²) in [7, 11) is 3.07. The second-order valence-electron chi connectivity index (χ2n) is 4.64. The van der Waals surface area contributed by atoms with Gasteiger partial charge in [-0.3, -0.25) is 4.79 Å². The van der Waals surface area contributed by atoms with Crippen molar-refractivity contribution in [2.75, 3.05) is 14.2 Å². The minimum absolute atomic E-state index is 0.106. The Labute approximate surface area is 141 Å². The van der Waals surface area contributed by atoms with Gasteiger partial charge in [0.05, 0.1) is 19.8 Å². The van der Waals surface area contributed by atoms with Gasteiger partial charge in [0, 0.05) is 6.07 Å². The number of phenols is 2. The fourth-order valence-corrected chi connectivity index (χ4v) is 2.53. The third kappa shape index (κ3) is 3.84. The molecule has 0 aliphatic carbocycles. The number of ether oxygens (including phenoxy) is 2. The van der Waals surface area contributed by atoms with Gasteiger partial charge in [-0.2, -0.15) is 0 Å². The smallest absolute Gasteiger partial charge is 0.189 e. The fourth-order valence-electron chi connectivity index (χ4n) is 1.98. The molecule has 0 unspecified atom stereocenters. The van der Waals surface area contributed by atoms with E-state index in [0.29, 0.717) is 21.5 Å². The molecular formula is C17H15BrO5. The molecule has 0 radical (unpaired) electrons. The summed E-state index contributed by atoms with van der Waals surface area (Å²) in [4.78, 5) is 12.1. The molecule has 2 aromatic rings. The highest BCUT2D eigenvalue weighted by Crippen LogP contribution is 2.36. The van der Waals surface area contributed by atoms with Crippen molar-refractivity contribution in [3.8, 4) is 23.0 Å². The van der Waals surface area contributed by atoms with Crippen molar-refractivity contribution in [1.82, 2.24) is 0 Å². The number of ketones is 1. The van der Waals surface area contributed by atoms with Crippen molar-refractivity contribution in [2.24, 2.45) is 0 Å². The zero-order chi connectivity index (χ0) is 17.0. The molecule has 5 nitrogen and oxygen atoms in total. The molecule has 0 atom stereocenters. The second-order valence-corrected chi connectivity index (χ2v) is 5.43. The van der Waals surface area contributed by atoms with E-state index in [-0.39, 0.29) is 22.8 Å². The van der Waals surface area contributed by atoms with Gasteiger partial charge < -0.3 is 19.7 Å². The molecule has 2 rings (SSSR count). The van der Waals surface area contributed by atoms with Gasteiger partial charge in [-0.25, -0.2) is 0 Å². The largest absolute Gasteiger partial charge is 0.508 e. The van der Waals surface area contributed by atoms with Crippen molar-refractivity contribution < 1.29 is 24.5 Å². The number of carbonyl (C=O) groups is 1. The topological polar surface area (TPSA) is 76.0 Å². The van der Waals surface area contributed by atoms with E-state index in [0.717, 1.165) is 6.07 Å². The van der Waals surface area contributed by atoms with E-state index in [2.05, 4.69) is 15.9 Å². The lowest BCUT2D eigenvalue weighted by atomic mass is 10.1. The van der Waals surface area contributed by atoms with Crippen LogP contribution in [0.15, 0.2) is 40.9 Å². The lowest BCUT2D eigenvalue weighted by molar-refractivity contribution is 0.104. The molecule has 6 heteroatoms. The van der Waals surface area contributed by atoms with Crippen LogP contribution < -0.4 is 9.47 Å². The number of hydrogen-bond donors (Lipinski definition) is 2. The average Bonchev–Trinajstić information content (AvgIpc) is 2.53. The Morgan fingerprint density at radius 1 is 1.09 bits per heavy atom. The van der Waals surface area contributed by atoms with Crippen LogP contribution in [0.2, 0.25) is 0 Å². The molecule has 0 spiro atoms. The number of rotatable bonds is 5. The van der Waals surface area contributed by atoms with Gasteiger partial charge in [0.2, 0.25) is 0 Å². The zero-order valence-electron chi connectivity index (χ0n) is 12.5. The first-order valence-corrected chi connectivity index (χ1v) is 7.41. The molecule has 0 heterocycles. The monoisotopic (exact) mass is 378 g/mol. The Balaban J connectivity index is 2.30. The second kappa shape index (κ2) is 7.19. The van der Waals surface area contributed by atoms with Crippen LogP contribution in [0.1, 0.15) is 15.9 Å². The van der Waals surface area contributed by atoms with Crippen molar-refractivity contribution in [2.45, 2.75) is 0 Å². The lowest BCUT2D eigenvalue weighted by Gasteiger charge is -2.09. The van der Waals surface area contributed by atoms with Gasteiger partial charge in [0.15, 0.2) is 5.78 Å². The molecular weight excluding hydrogens is 364 g/mol. The van der Waals surface area contributed by atoms with Crippen molar-refractivity contribution in [1.29, 1.82) is 0 Å². The summed E-state index contributed by atoms with van der Waals surface area (Å²) in [6.45, 7) is 0.